The monoisotopic (exact) mass is 412 g/mol. The van der Waals surface area contributed by atoms with Gasteiger partial charge in [0.25, 0.3) is 0 Å². The van der Waals surface area contributed by atoms with E-state index >= 15 is 0 Å². The molecule has 0 aromatic carbocycles. The van der Waals surface area contributed by atoms with E-state index in [-0.39, 0.29) is 29.2 Å². The van der Waals surface area contributed by atoms with Gasteiger partial charge in [-0.15, -0.1) is 0 Å². The van der Waals surface area contributed by atoms with Gasteiger partial charge in [-0.25, -0.2) is 0 Å². The molecule has 0 N–H and O–H groups in total. The minimum atomic E-state index is -0.369. The van der Waals surface area contributed by atoms with E-state index in [4.69, 9.17) is 9.47 Å². The molecule has 0 aliphatic heterocycles. The summed E-state index contributed by atoms with van der Waals surface area (Å²) in [4.78, 5) is 25.0. The maximum Gasteiger partial charge on any atom is 0.308 e. The van der Waals surface area contributed by atoms with E-state index in [1.54, 1.807) is 0 Å². The average molecular weight is 413 g/mol. The molecule has 0 amide bonds. The van der Waals surface area contributed by atoms with Crippen molar-refractivity contribution in [3.8, 4) is 0 Å². The van der Waals surface area contributed by atoms with Gasteiger partial charge >= 0.3 is 11.9 Å². The van der Waals surface area contributed by atoms with Crippen LogP contribution in [0.4, 0.5) is 0 Å². The third kappa shape index (κ3) is 13.7. The number of carbonyl (C=O) groups excluding carboxylic acids is 2. The van der Waals surface area contributed by atoms with Gasteiger partial charge in [0.1, 0.15) is 0 Å². The van der Waals surface area contributed by atoms with Crippen LogP contribution in [0.3, 0.4) is 0 Å². The van der Waals surface area contributed by atoms with Crippen LogP contribution in [0.25, 0.3) is 0 Å². The summed E-state index contributed by atoms with van der Waals surface area (Å²) in [6.07, 6.45) is 12.4. The first-order valence-electron chi connectivity index (χ1n) is 12.1. The zero-order valence-corrected chi connectivity index (χ0v) is 20.2. The maximum atomic E-state index is 12.5. The molecular formula is C25H48O4. The highest BCUT2D eigenvalue weighted by molar-refractivity contribution is 5.73. The van der Waals surface area contributed by atoms with Gasteiger partial charge in [0, 0.05) is 5.41 Å². The van der Waals surface area contributed by atoms with E-state index in [1.165, 1.54) is 0 Å². The van der Waals surface area contributed by atoms with E-state index in [1.807, 2.05) is 13.8 Å². The molecule has 0 fully saturated rings. The first kappa shape index (κ1) is 27.9. The van der Waals surface area contributed by atoms with Crippen LogP contribution in [0, 0.1) is 17.3 Å². The summed E-state index contributed by atoms with van der Waals surface area (Å²) in [5.74, 6) is -0.189. The number of hydrogen-bond acceptors (Lipinski definition) is 4. The fourth-order valence-corrected chi connectivity index (χ4v) is 3.55. The summed E-state index contributed by atoms with van der Waals surface area (Å²) >= 11 is 0. The Morgan fingerprint density at radius 1 is 0.621 bits per heavy atom. The van der Waals surface area contributed by atoms with Crippen LogP contribution in [0.15, 0.2) is 0 Å². The van der Waals surface area contributed by atoms with Crippen molar-refractivity contribution in [2.75, 3.05) is 13.2 Å². The molecule has 172 valence electrons. The fraction of sp³-hybridized carbons (Fsp3) is 0.920. The Balaban J connectivity index is 4.49. The summed E-state index contributed by atoms with van der Waals surface area (Å²) in [5.41, 5.74) is -0.369. The summed E-state index contributed by atoms with van der Waals surface area (Å²) in [6.45, 7) is 13.1. The molecule has 2 atom stereocenters. The minimum absolute atomic E-state index is 0.00241. The van der Waals surface area contributed by atoms with Crippen molar-refractivity contribution in [1.29, 1.82) is 0 Å². The van der Waals surface area contributed by atoms with Crippen LogP contribution in [0.5, 0.6) is 0 Å². The number of carbonyl (C=O) groups is 2. The van der Waals surface area contributed by atoms with Crippen molar-refractivity contribution in [3.05, 3.63) is 0 Å². The molecule has 0 aromatic heterocycles. The summed E-state index contributed by atoms with van der Waals surface area (Å²) < 4.78 is 11.3. The van der Waals surface area contributed by atoms with Crippen LogP contribution in [0.2, 0.25) is 0 Å². The van der Waals surface area contributed by atoms with Crippen molar-refractivity contribution in [2.45, 2.75) is 119 Å². The molecule has 29 heavy (non-hydrogen) atoms. The van der Waals surface area contributed by atoms with E-state index in [0.29, 0.717) is 13.2 Å². The van der Waals surface area contributed by atoms with Crippen molar-refractivity contribution in [2.24, 2.45) is 17.3 Å². The molecule has 4 heteroatoms. The third-order valence-corrected chi connectivity index (χ3v) is 5.46. The molecule has 0 radical (unpaired) electrons. The van der Waals surface area contributed by atoms with E-state index in [2.05, 4.69) is 27.7 Å². The van der Waals surface area contributed by atoms with Crippen LogP contribution in [0.1, 0.15) is 119 Å². The number of unbranched alkanes of at least 4 members (excludes halogenated alkanes) is 4. The van der Waals surface area contributed by atoms with Crippen LogP contribution >= 0.6 is 0 Å². The van der Waals surface area contributed by atoms with Crippen molar-refractivity contribution in [3.63, 3.8) is 0 Å². The predicted molar refractivity (Wildman–Crippen MR) is 121 cm³/mol. The molecule has 0 saturated heterocycles. The van der Waals surface area contributed by atoms with Gasteiger partial charge in [-0.2, -0.15) is 0 Å². The third-order valence-electron chi connectivity index (χ3n) is 5.46. The highest BCUT2D eigenvalue weighted by Gasteiger charge is 2.27. The molecule has 4 nitrogen and oxygen atoms in total. The largest absolute Gasteiger partial charge is 0.465 e. The second-order valence-corrected chi connectivity index (χ2v) is 9.34. The first-order valence-corrected chi connectivity index (χ1v) is 12.1. The normalized spacial score (nSPS) is 13.7. The molecule has 0 aliphatic rings. The number of hydrogen-bond donors (Lipinski definition) is 0. The molecule has 0 aliphatic carbocycles. The minimum Gasteiger partial charge on any atom is -0.465 e. The number of rotatable bonds is 18. The molecule has 0 aromatic rings. The average Bonchev–Trinajstić information content (AvgIpc) is 2.69. The van der Waals surface area contributed by atoms with E-state index < -0.39 is 0 Å². The lowest BCUT2D eigenvalue weighted by Gasteiger charge is -2.26. The van der Waals surface area contributed by atoms with Gasteiger partial charge < -0.3 is 9.47 Å². The molecule has 0 rings (SSSR count). The predicted octanol–water partition coefficient (Wildman–Crippen LogP) is 7.09. The molecular weight excluding hydrogens is 364 g/mol. The Morgan fingerprint density at radius 2 is 1.00 bits per heavy atom. The van der Waals surface area contributed by atoms with Gasteiger partial charge in [-0.05, 0) is 25.7 Å². The smallest absolute Gasteiger partial charge is 0.308 e. The van der Waals surface area contributed by atoms with Crippen molar-refractivity contribution in [1.82, 2.24) is 0 Å². The molecule has 0 saturated carbocycles. The maximum absolute atomic E-state index is 12.5. The zero-order valence-electron chi connectivity index (χ0n) is 20.2. The Bertz CT molecular complexity index is 393. The molecule has 2 unspecified atom stereocenters. The topological polar surface area (TPSA) is 52.6 Å². The lowest BCUT2D eigenvalue weighted by atomic mass is 9.94. The highest BCUT2D eigenvalue weighted by atomic mass is 16.5. The Kier molecular flexibility index (Phi) is 16.1. The van der Waals surface area contributed by atoms with Gasteiger partial charge in [0.05, 0.1) is 25.0 Å². The van der Waals surface area contributed by atoms with Crippen LogP contribution in [-0.4, -0.2) is 25.2 Å². The van der Waals surface area contributed by atoms with Gasteiger partial charge in [0.2, 0.25) is 0 Å². The number of esters is 2. The van der Waals surface area contributed by atoms with Crippen molar-refractivity contribution < 1.29 is 19.1 Å². The Labute approximate surface area is 180 Å². The van der Waals surface area contributed by atoms with Crippen LogP contribution in [-0.2, 0) is 19.1 Å². The lowest BCUT2D eigenvalue weighted by molar-refractivity contribution is -0.158. The summed E-state index contributed by atoms with van der Waals surface area (Å²) in [6, 6.07) is 0. The number of ether oxygens (including phenoxy) is 2. The second kappa shape index (κ2) is 16.7. The van der Waals surface area contributed by atoms with Crippen molar-refractivity contribution >= 4 is 11.9 Å². The first-order chi connectivity index (χ1) is 13.8. The van der Waals surface area contributed by atoms with Gasteiger partial charge in [-0.3, -0.25) is 9.59 Å². The van der Waals surface area contributed by atoms with E-state index in [0.717, 1.165) is 77.0 Å². The van der Waals surface area contributed by atoms with Gasteiger partial charge in [0.15, 0.2) is 0 Å². The quantitative estimate of drug-likeness (QED) is 0.178. The zero-order chi connectivity index (χ0) is 22.1. The van der Waals surface area contributed by atoms with Crippen LogP contribution < -0.4 is 0 Å². The Hall–Kier alpha value is -1.06. The Morgan fingerprint density at radius 3 is 1.31 bits per heavy atom. The van der Waals surface area contributed by atoms with Gasteiger partial charge in [-0.1, -0.05) is 92.9 Å². The highest BCUT2D eigenvalue weighted by Crippen LogP contribution is 2.23. The van der Waals surface area contributed by atoms with E-state index in [9.17, 15) is 9.59 Å². The fourth-order valence-electron chi connectivity index (χ4n) is 3.55. The molecule has 0 heterocycles. The molecule has 0 spiro atoms. The standard InChI is InChI=1S/C25H48O4/c1-7-11-13-17-21(15-9-3)23(26)28-19-25(5,6)20-29-24(27)22(16-10-4)18-14-12-8-2/h21-22H,7-20H2,1-6H3. The lowest BCUT2D eigenvalue weighted by Crippen LogP contribution is -2.31. The molecule has 0 bridgehead atoms. The second-order valence-electron chi connectivity index (χ2n) is 9.34. The SMILES string of the molecule is CCCCCC(CCC)C(=O)OCC(C)(C)COC(=O)C(CCC)CCCCC. The summed E-state index contributed by atoms with van der Waals surface area (Å²) in [5, 5.41) is 0. The summed E-state index contributed by atoms with van der Waals surface area (Å²) in [7, 11) is 0.